The Bertz CT molecular complexity index is 1310. The van der Waals surface area contributed by atoms with Crippen molar-refractivity contribution in [3.63, 3.8) is 0 Å². The van der Waals surface area contributed by atoms with Crippen molar-refractivity contribution in [3.8, 4) is 11.5 Å². The number of aryl methyl sites for hydroxylation is 1. The number of hydrogen-bond acceptors (Lipinski definition) is 3. The summed E-state index contributed by atoms with van der Waals surface area (Å²) in [6.07, 6.45) is 1.29. The lowest BCUT2D eigenvalue weighted by Gasteiger charge is -2.19. The maximum absolute atomic E-state index is 13.5. The van der Waals surface area contributed by atoms with Crippen molar-refractivity contribution in [2.75, 3.05) is 6.61 Å². The Morgan fingerprint density at radius 1 is 0.914 bits per heavy atom. The van der Waals surface area contributed by atoms with Gasteiger partial charge in [0.15, 0.2) is 0 Å². The lowest BCUT2D eigenvalue weighted by Crippen LogP contribution is -2.27. The van der Waals surface area contributed by atoms with Crippen molar-refractivity contribution in [1.29, 1.82) is 0 Å². The van der Waals surface area contributed by atoms with Crippen LogP contribution in [0.5, 0.6) is 11.5 Å². The van der Waals surface area contributed by atoms with Crippen LogP contribution in [0.1, 0.15) is 47.8 Å². The molecule has 1 atom stereocenters. The summed E-state index contributed by atoms with van der Waals surface area (Å²) >= 11 is 0. The molecule has 0 radical (unpaired) electrons. The van der Waals surface area contributed by atoms with Gasteiger partial charge in [0.05, 0.1) is 18.4 Å². The molecule has 0 aliphatic heterocycles. The van der Waals surface area contributed by atoms with Crippen LogP contribution in [-0.4, -0.2) is 12.5 Å². The Morgan fingerprint density at radius 2 is 1.66 bits per heavy atom. The number of nitrogens with one attached hydrogen (secondary N) is 1. The normalized spacial score (nSPS) is 11.6. The summed E-state index contributed by atoms with van der Waals surface area (Å²) in [5, 5.41) is 5.49. The van der Waals surface area contributed by atoms with Gasteiger partial charge in [0, 0.05) is 12.0 Å². The number of amides is 1. The predicted molar refractivity (Wildman–Crippen MR) is 142 cm³/mol. The van der Waals surface area contributed by atoms with Crippen LogP contribution in [0.3, 0.4) is 0 Å². The Labute approximate surface area is 207 Å². The number of allylic oxidation sites excluding steroid dienone is 1. The van der Waals surface area contributed by atoms with Crippen LogP contribution in [0.2, 0.25) is 0 Å². The molecule has 1 N–H and O–H groups in total. The molecule has 1 amide bonds. The van der Waals surface area contributed by atoms with Gasteiger partial charge in [-0.25, -0.2) is 0 Å². The molecule has 0 fully saturated rings. The molecule has 0 saturated heterocycles. The number of carbonyl (C=O) groups is 1. The molecule has 35 heavy (non-hydrogen) atoms. The number of fused-ring (bicyclic) bond motifs is 1. The molecule has 0 saturated carbocycles. The van der Waals surface area contributed by atoms with E-state index in [4.69, 9.17) is 9.47 Å². The average Bonchev–Trinajstić information content (AvgIpc) is 2.88. The van der Waals surface area contributed by atoms with Gasteiger partial charge in [0.2, 0.25) is 0 Å². The fourth-order valence-electron chi connectivity index (χ4n) is 4.20. The van der Waals surface area contributed by atoms with Gasteiger partial charge >= 0.3 is 0 Å². The van der Waals surface area contributed by atoms with E-state index in [2.05, 4.69) is 36.2 Å². The van der Waals surface area contributed by atoms with E-state index in [-0.39, 0.29) is 11.9 Å². The maximum Gasteiger partial charge on any atom is 0.252 e. The first-order chi connectivity index (χ1) is 17.0. The number of para-hydroxylation sites is 1. The van der Waals surface area contributed by atoms with E-state index in [0.717, 1.165) is 27.6 Å². The van der Waals surface area contributed by atoms with Gasteiger partial charge in [0.25, 0.3) is 5.91 Å². The summed E-state index contributed by atoms with van der Waals surface area (Å²) < 4.78 is 11.5. The van der Waals surface area contributed by atoms with E-state index in [0.29, 0.717) is 36.5 Å². The molecular formula is C31H31NO3. The molecular weight excluding hydrogens is 434 g/mol. The van der Waals surface area contributed by atoms with E-state index in [1.807, 2.05) is 80.6 Å². The Morgan fingerprint density at radius 3 is 2.46 bits per heavy atom. The Hall–Kier alpha value is -4.05. The van der Waals surface area contributed by atoms with Gasteiger partial charge in [-0.05, 0) is 66.4 Å². The van der Waals surface area contributed by atoms with Gasteiger partial charge in [-0.2, -0.15) is 0 Å². The third-order valence-corrected chi connectivity index (χ3v) is 5.96. The molecule has 0 aliphatic rings. The summed E-state index contributed by atoms with van der Waals surface area (Å²) in [4.78, 5) is 13.5. The van der Waals surface area contributed by atoms with Crippen LogP contribution in [0.15, 0.2) is 103 Å². The van der Waals surface area contributed by atoms with Gasteiger partial charge in [-0.3, -0.25) is 4.79 Å². The van der Waals surface area contributed by atoms with Crippen LogP contribution in [0, 0.1) is 0 Å². The molecule has 0 unspecified atom stereocenters. The van der Waals surface area contributed by atoms with E-state index in [9.17, 15) is 4.79 Å². The highest BCUT2D eigenvalue weighted by molar-refractivity contribution is 5.97. The zero-order chi connectivity index (χ0) is 24.6. The summed E-state index contributed by atoms with van der Waals surface area (Å²) in [6.45, 7) is 8.51. The largest absolute Gasteiger partial charge is 0.499 e. The number of rotatable bonds is 10. The van der Waals surface area contributed by atoms with E-state index >= 15 is 0 Å². The third-order valence-electron chi connectivity index (χ3n) is 5.96. The highest BCUT2D eigenvalue weighted by Crippen LogP contribution is 2.27. The molecule has 4 aromatic rings. The Kier molecular flexibility index (Phi) is 7.84. The number of carbonyl (C=O) groups excluding carboxylic acids is 1. The molecule has 0 heterocycles. The SMILES string of the molecule is C=C(CCc1ccc(Oc2ccccc2)cc1C(=O)N[C@H](C)c1cccc2ccccc12)OCC. The van der Waals surface area contributed by atoms with Gasteiger partial charge in [-0.1, -0.05) is 73.3 Å². The third kappa shape index (κ3) is 6.10. The highest BCUT2D eigenvalue weighted by atomic mass is 16.5. The Balaban J connectivity index is 1.60. The fraction of sp³-hybridized carbons (Fsp3) is 0.194. The van der Waals surface area contributed by atoms with Gasteiger partial charge in [-0.15, -0.1) is 0 Å². The summed E-state index contributed by atoms with van der Waals surface area (Å²) in [7, 11) is 0. The standard InChI is InChI=1S/C31H31NO3/c1-4-34-22(2)17-18-25-19-20-27(35-26-13-6-5-7-14-26)21-30(25)31(33)32-23(3)28-16-10-12-24-11-8-9-15-29(24)28/h5-16,19-21,23H,2,4,17-18H2,1,3H3,(H,32,33)/t23-/m1/s1. The second-order valence-corrected chi connectivity index (χ2v) is 8.47. The van der Waals surface area contributed by atoms with Gasteiger partial charge in [0.1, 0.15) is 11.5 Å². The second kappa shape index (κ2) is 11.4. The fourth-order valence-corrected chi connectivity index (χ4v) is 4.20. The average molecular weight is 466 g/mol. The minimum Gasteiger partial charge on any atom is -0.499 e. The summed E-state index contributed by atoms with van der Waals surface area (Å²) in [5.74, 6) is 1.92. The minimum absolute atomic E-state index is 0.138. The molecule has 0 spiro atoms. The summed E-state index contributed by atoms with van der Waals surface area (Å²) in [6, 6.07) is 29.5. The van der Waals surface area contributed by atoms with Crippen LogP contribution in [0.25, 0.3) is 10.8 Å². The maximum atomic E-state index is 13.5. The zero-order valence-electron chi connectivity index (χ0n) is 20.3. The number of ether oxygens (including phenoxy) is 2. The monoisotopic (exact) mass is 465 g/mol. The molecule has 0 bridgehead atoms. The molecule has 4 aromatic carbocycles. The van der Waals surface area contributed by atoms with E-state index < -0.39 is 0 Å². The van der Waals surface area contributed by atoms with Crippen molar-refractivity contribution in [2.45, 2.75) is 32.7 Å². The molecule has 4 rings (SSSR count). The van der Waals surface area contributed by atoms with Crippen LogP contribution < -0.4 is 10.1 Å². The minimum atomic E-state index is -0.168. The predicted octanol–water partition coefficient (Wildman–Crippen LogP) is 7.61. The smallest absolute Gasteiger partial charge is 0.252 e. The molecule has 0 aromatic heterocycles. The number of hydrogen-bond donors (Lipinski definition) is 1. The summed E-state index contributed by atoms with van der Waals surface area (Å²) in [5.41, 5.74) is 2.60. The first kappa shape index (κ1) is 24.1. The van der Waals surface area contributed by atoms with E-state index in [1.54, 1.807) is 0 Å². The topological polar surface area (TPSA) is 47.6 Å². The van der Waals surface area contributed by atoms with Crippen molar-refractivity contribution >= 4 is 16.7 Å². The molecule has 0 aliphatic carbocycles. The van der Waals surface area contributed by atoms with E-state index in [1.165, 1.54) is 0 Å². The van der Waals surface area contributed by atoms with Crippen LogP contribution >= 0.6 is 0 Å². The van der Waals surface area contributed by atoms with Crippen LogP contribution in [0.4, 0.5) is 0 Å². The lowest BCUT2D eigenvalue weighted by molar-refractivity contribution is 0.0938. The molecule has 178 valence electrons. The highest BCUT2D eigenvalue weighted by Gasteiger charge is 2.18. The second-order valence-electron chi connectivity index (χ2n) is 8.47. The van der Waals surface area contributed by atoms with Crippen LogP contribution in [-0.2, 0) is 11.2 Å². The number of benzene rings is 4. The van der Waals surface area contributed by atoms with Crippen molar-refractivity contribution in [3.05, 3.63) is 120 Å². The van der Waals surface area contributed by atoms with Crippen molar-refractivity contribution in [1.82, 2.24) is 5.32 Å². The molecule has 4 heteroatoms. The lowest BCUT2D eigenvalue weighted by atomic mass is 9.98. The molecule has 4 nitrogen and oxygen atoms in total. The zero-order valence-corrected chi connectivity index (χ0v) is 20.3. The first-order valence-electron chi connectivity index (χ1n) is 12.0. The van der Waals surface area contributed by atoms with Gasteiger partial charge < -0.3 is 14.8 Å². The van der Waals surface area contributed by atoms with Crippen molar-refractivity contribution in [2.24, 2.45) is 0 Å². The first-order valence-corrected chi connectivity index (χ1v) is 12.0. The quantitative estimate of drug-likeness (QED) is 0.245. The van der Waals surface area contributed by atoms with Crippen molar-refractivity contribution < 1.29 is 14.3 Å².